The number of aliphatic imine (C=N–C) groups is 2. The SMILES string of the molecule is CNCP(=O)(OCC1CN(C(C)=O)CC(C)O1)N1CC(C)OC(COP(=O)(N(C)C)N2CC(C)OC(COP(=O)(N(C)C)N3CCN(C(=O)CCNC(=O)CCCCCCC(=O)C(CCCN=C(N)N)NC(=O)C(CC(=O)C(Cc4ccccc4)NC(=O)C(CCCN=C(N)N)CC(C)=O)Cc4ccccc4)CC3)C2)C1. The number of ketones is 3. The van der Waals surface area contributed by atoms with Gasteiger partial charge in [0.2, 0.25) is 29.5 Å². The average molecular weight is 1620 g/mol. The number of benzene rings is 2. The van der Waals surface area contributed by atoms with Crippen LogP contribution < -0.4 is 44.2 Å². The van der Waals surface area contributed by atoms with Gasteiger partial charge >= 0.3 is 15.3 Å². The maximum Gasteiger partial charge on any atom is 0.345 e. The zero-order valence-electron chi connectivity index (χ0n) is 66.8. The van der Waals surface area contributed by atoms with Crippen LogP contribution in [-0.4, -0.2) is 287 Å². The first kappa shape index (κ1) is 93.4. The second-order valence-electron chi connectivity index (χ2n) is 29.8. The highest BCUT2D eigenvalue weighted by Gasteiger charge is 2.46. The molecule has 0 spiro atoms. The van der Waals surface area contributed by atoms with Gasteiger partial charge in [0.25, 0.3) is 7.52 Å². The van der Waals surface area contributed by atoms with Gasteiger partial charge in [0, 0.05) is 136 Å². The molecular formula is C74H126N17O17P3. The summed E-state index contributed by atoms with van der Waals surface area (Å²) >= 11 is 0. The number of morpholine rings is 3. The van der Waals surface area contributed by atoms with Crippen LogP contribution in [0.15, 0.2) is 70.6 Å². The summed E-state index contributed by atoms with van der Waals surface area (Å²) in [6.07, 6.45) is 1.04. The van der Waals surface area contributed by atoms with Gasteiger partial charge in [0.1, 0.15) is 5.78 Å². The second kappa shape index (κ2) is 46.8. The zero-order chi connectivity index (χ0) is 81.4. The van der Waals surface area contributed by atoms with Crippen molar-refractivity contribution in [3.05, 3.63) is 71.8 Å². The van der Waals surface area contributed by atoms with E-state index in [2.05, 4.69) is 31.3 Å². The number of piperazine rings is 1. The van der Waals surface area contributed by atoms with Gasteiger partial charge < -0.3 is 86.6 Å². The second-order valence-corrected chi connectivity index (χ2v) is 37.4. The first-order valence-corrected chi connectivity index (χ1v) is 43.6. The standard InChI is InChI=1S/C74H126N17O17P3/c1-53(92)39-60(27-21-32-81-73(75)76)71(98)84-66(41-59-25-17-14-18-26-59)68(95)42-61(40-58-23-15-13-16-24-58)72(99)83-65(28-22-33-82-74(77)78)67(94)29-19-11-12-20-30-69(96)80-34-31-70(97)87-35-37-89(38-36-87)110(101,85(7)8)104-51-64-48-91(45-56(4)108-64)111(102,86(9)10)105-50-63-47-90(44-55(3)107-63)109(100,52-79-6)103-49-62-46-88(57(5)93)43-54(2)106-62/h13-18,23-26,54-56,60-66,79H,11-12,19-22,27-52H2,1-10H3,(H,80,96)(H,83,99)(H,84,98)(H4,75,76,81)(H4,77,78,82). The summed E-state index contributed by atoms with van der Waals surface area (Å²) in [6, 6.07) is 16.3. The molecule has 0 saturated carbocycles. The van der Waals surface area contributed by atoms with E-state index in [-0.39, 0.29) is 203 Å². The van der Waals surface area contributed by atoms with Gasteiger partial charge in [0.15, 0.2) is 23.5 Å². The molecule has 4 aliphatic heterocycles. The van der Waals surface area contributed by atoms with Crippen LogP contribution in [0.1, 0.15) is 129 Å². The third kappa shape index (κ3) is 31.4. The predicted octanol–water partition coefficient (Wildman–Crippen LogP) is 3.85. The van der Waals surface area contributed by atoms with E-state index in [0.29, 0.717) is 58.2 Å². The molecule has 37 heteroatoms. The number of rotatable bonds is 48. The Labute approximate surface area is 655 Å². The molecule has 6 rings (SSSR count). The molecule has 0 aromatic heterocycles. The fourth-order valence-corrected chi connectivity index (χ4v) is 20.3. The maximum absolute atomic E-state index is 15.1. The molecule has 5 amide bonds. The van der Waals surface area contributed by atoms with Crippen LogP contribution in [-0.2, 0) is 92.7 Å². The van der Waals surface area contributed by atoms with Crippen molar-refractivity contribution in [1.82, 2.24) is 54.4 Å². The van der Waals surface area contributed by atoms with Crippen molar-refractivity contribution in [2.45, 2.75) is 180 Å². The van der Waals surface area contributed by atoms with Gasteiger partial charge in [-0.15, -0.1) is 0 Å². The summed E-state index contributed by atoms with van der Waals surface area (Å²) in [5.41, 5.74) is 23.8. The van der Waals surface area contributed by atoms with Gasteiger partial charge in [-0.3, -0.25) is 57.2 Å². The third-order valence-corrected chi connectivity index (χ3v) is 27.4. The van der Waals surface area contributed by atoms with E-state index in [1.165, 1.54) is 23.2 Å². The first-order valence-electron chi connectivity index (χ1n) is 38.8. The highest BCUT2D eigenvalue weighted by Crippen LogP contribution is 2.56. The number of nitrogens with zero attached hydrogens (tertiary/aromatic N) is 9. The zero-order valence-corrected chi connectivity index (χ0v) is 69.5. The lowest BCUT2D eigenvalue weighted by atomic mass is 9.88. The summed E-state index contributed by atoms with van der Waals surface area (Å²) < 4.78 is 90.4. The van der Waals surface area contributed by atoms with Gasteiger partial charge in [-0.1, -0.05) is 73.5 Å². The van der Waals surface area contributed by atoms with Crippen LogP contribution in [0.2, 0.25) is 0 Å². The lowest BCUT2D eigenvalue weighted by Crippen LogP contribution is -2.51. The Morgan fingerprint density at radius 3 is 1.59 bits per heavy atom. The van der Waals surface area contributed by atoms with Gasteiger partial charge in [-0.05, 0) is 125 Å². The molecule has 2 aromatic rings. The van der Waals surface area contributed by atoms with E-state index in [4.69, 9.17) is 50.7 Å². The number of hydrogen-bond donors (Lipinski definition) is 8. The quantitative estimate of drug-likeness (QED) is 0.0202. The summed E-state index contributed by atoms with van der Waals surface area (Å²) in [7, 11) is -2.62. The van der Waals surface area contributed by atoms with Crippen molar-refractivity contribution in [2.24, 2.45) is 44.8 Å². The Morgan fingerprint density at radius 2 is 1.04 bits per heavy atom. The fraction of sp³-hybridized carbons (Fsp3) is 0.703. The van der Waals surface area contributed by atoms with Crippen LogP contribution in [0.5, 0.6) is 0 Å². The van der Waals surface area contributed by atoms with Gasteiger partial charge in [-0.2, -0.15) is 0 Å². The van der Waals surface area contributed by atoms with Gasteiger partial charge in [-0.25, -0.2) is 23.4 Å². The Kier molecular flexibility index (Phi) is 39.4. The third-order valence-electron chi connectivity index (χ3n) is 19.8. The topological polar surface area (TPSA) is 443 Å². The van der Waals surface area contributed by atoms with E-state index < -0.39 is 88.8 Å². The summed E-state index contributed by atoms with van der Waals surface area (Å²) in [5.74, 6) is -4.25. The van der Waals surface area contributed by atoms with Crippen molar-refractivity contribution in [3.63, 3.8) is 0 Å². The molecule has 2 aromatic carbocycles. The predicted molar refractivity (Wildman–Crippen MR) is 425 cm³/mol. The minimum atomic E-state index is -3.77. The first-order chi connectivity index (χ1) is 52.7. The van der Waals surface area contributed by atoms with Gasteiger partial charge in [0.05, 0.1) is 74.8 Å². The van der Waals surface area contributed by atoms with E-state index >= 15 is 4.57 Å². The Hall–Kier alpha value is -6.45. The largest absolute Gasteiger partial charge is 0.370 e. The number of nitrogens with two attached hydrogens (primary N) is 4. The molecular weight excluding hydrogens is 1490 g/mol. The lowest BCUT2D eigenvalue weighted by molar-refractivity contribution is -0.144. The van der Waals surface area contributed by atoms with Crippen LogP contribution in [0.3, 0.4) is 0 Å². The molecule has 0 aliphatic carbocycles. The number of nitrogens with one attached hydrogen (secondary N) is 4. The molecule has 34 nitrogen and oxygen atoms in total. The number of ether oxygens (including phenoxy) is 3. The molecule has 0 bridgehead atoms. The van der Waals surface area contributed by atoms with Crippen LogP contribution in [0.25, 0.3) is 0 Å². The highest BCUT2D eigenvalue weighted by atomic mass is 31.2. The Balaban J connectivity index is 0.946. The fourth-order valence-electron chi connectivity index (χ4n) is 14.1. The van der Waals surface area contributed by atoms with Crippen molar-refractivity contribution in [1.29, 1.82) is 0 Å². The van der Waals surface area contributed by atoms with Crippen LogP contribution in [0.4, 0.5) is 0 Å². The van der Waals surface area contributed by atoms with Crippen molar-refractivity contribution < 1.29 is 79.8 Å². The van der Waals surface area contributed by atoms with E-state index in [0.717, 1.165) is 11.1 Å². The number of amides is 5. The summed E-state index contributed by atoms with van der Waals surface area (Å²) in [5, 5.41) is 11.8. The van der Waals surface area contributed by atoms with Crippen molar-refractivity contribution in [3.8, 4) is 0 Å². The molecule has 0 radical (unpaired) electrons. The summed E-state index contributed by atoms with van der Waals surface area (Å²) in [4.78, 5) is 120. The maximum atomic E-state index is 15.1. The Morgan fingerprint density at radius 1 is 0.541 bits per heavy atom. The smallest absolute Gasteiger partial charge is 0.345 e. The average Bonchev–Trinajstić information content (AvgIpc) is 0.793. The van der Waals surface area contributed by atoms with Crippen LogP contribution >= 0.6 is 22.9 Å². The minimum absolute atomic E-state index is 0.00927. The monoisotopic (exact) mass is 1620 g/mol. The number of guanidine groups is 2. The number of unbranched alkanes of at least 4 members (excludes halogenated alkanes) is 3. The number of carbonyl (C=O) groups is 8. The number of carbonyl (C=O) groups excluding carboxylic acids is 8. The highest BCUT2D eigenvalue weighted by molar-refractivity contribution is 7.56. The van der Waals surface area contributed by atoms with E-state index in [1.54, 1.807) is 59.0 Å². The molecule has 4 fully saturated rings. The number of Topliss-reactive ketones (excluding diaryl/α,β-unsaturated/α-hetero) is 3. The molecule has 13 atom stereocenters. The number of hydrogen-bond acceptors (Lipinski definition) is 20. The molecule has 4 aliphatic rings. The van der Waals surface area contributed by atoms with Crippen LogP contribution in [0, 0.1) is 11.8 Å². The molecule has 12 N–H and O–H groups in total. The molecule has 4 heterocycles. The summed E-state index contributed by atoms with van der Waals surface area (Å²) in [6.45, 7) is 11.5. The Bertz CT molecular complexity index is 3520. The molecule has 4 saturated heterocycles. The molecule has 111 heavy (non-hydrogen) atoms. The minimum Gasteiger partial charge on any atom is -0.370 e. The van der Waals surface area contributed by atoms with Crippen molar-refractivity contribution in [2.75, 3.05) is 146 Å². The van der Waals surface area contributed by atoms with Crippen molar-refractivity contribution >= 4 is 81.7 Å². The molecule has 13 unspecified atom stereocenters. The molecule has 624 valence electrons. The lowest BCUT2D eigenvalue weighted by Gasteiger charge is -2.44. The van der Waals surface area contributed by atoms with E-state index in [1.807, 2.05) is 81.4 Å². The normalized spacial score (nSPS) is 22.2. The van der Waals surface area contributed by atoms with E-state index in [9.17, 15) is 47.5 Å².